The van der Waals surface area contributed by atoms with Gasteiger partial charge in [-0.25, -0.2) is 9.59 Å². The van der Waals surface area contributed by atoms with Gasteiger partial charge >= 0.3 is 11.9 Å². The van der Waals surface area contributed by atoms with Crippen molar-refractivity contribution in [3.8, 4) is 0 Å². The van der Waals surface area contributed by atoms with Gasteiger partial charge in [-0.2, -0.15) is 0 Å². The highest BCUT2D eigenvalue weighted by atomic mass is 16.7. The molecule has 2 rings (SSSR count). The number of carbonyl (C=O) groups excluding carboxylic acids is 2. The second-order valence-corrected chi connectivity index (χ2v) is 9.68. The third-order valence-corrected chi connectivity index (χ3v) is 5.19. The van der Waals surface area contributed by atoms with E-state index in [0.29, 0.717) is 12.2 Å². The number of esters is 2. The lowest BCUT2D eigenvalue weighted by Gasteiger charge is -2.34. The average molecular weight is 449 g/mol. The number of hydrogen-bond acceptors (Lipinski definition) is 7. The number of cyclic esters (lactones) is 1. The van der Waals surface area contributed by atoms with Crippen molar-refractivity contribution in [1.29, 1.82) is 0 Å². The highest BCUT2D eigenvalue weighted by Crippen LogP contribution is 2.41. The van der Waals surface area contributed by atoms with Crippen LogP contribution in [-0.4, -0.2) is 44.3 Å². The molecule has 0 radical (unpaired) electrons. The Morgan fingerprint density at radius 2 is 2.03 bits per heavy atom. The molecule has 178 valence electrons. The van der Waals surface area contributed by atoms with Crippen LogP contribution >= 0.6 is 0 Å². The van der Waals surface area contributed by atoms with E-state index in [1.807, 2.05) is 6.08 Å². The molecule has 7 nitrogen and oxygen atoms in total. The van der Waals surface area contributed by atoms with E-state index in [2.05, 4.69) is 13.8 Å². The fourth-order valence-electron chi connectivity index (χ4n) is 3.61. The van der Waals surface area contributed by atoms with Crippen molar-refractivity contribution >= 4 is 11.9 Å². The van der Waals surface area contributed by atoms with E-state index in [-0.39, 0.29) is 17.8 Å². The van der Waals surface area contributed by atoms with Crippen molar-refractivity contribution in [2.24, 2.45) is 5.41 Å². The normalized spacial score (nSPS) is 21.6. The minimum atomic E-state index is -0.864. The molecule has 32 heavy (non-hydrogen) atoms. The summed E-state index contributed by atoms with van der Waals surface area (Å²) >= 11 is 0. The van der Waals surface area contributed by atoms with Crippen LogP contribution in [0.3, 0.4) is 0 Å². The first-order valence-electron chi connectivity index (χ1n) is 10.9. The lowest BCUT2D eigenvalue weighted by Crippen LogP contribution is -2.25. The van der Waals surface area contributed by atoms with Crippen LogP contribution in [0.15, 0.2) is 46.8 Å². The van der Waals surface area contributed by atoms with Gasteiger partial charge in [0, 0.05) is 18.8 Å². The van der Waals surface area contributed by atoms with E-state index in [1.165, 1.54) is 11.8 Å². The van der Waals surface area contributed by atoms with Gasteiger partial charge in [-0.05, 0) is 69.6 Å². The van der Waals surface area contributed by atoms with Crippen molar-refractivity contribution in [2.45, 2.75) is 72.7 Å². The number of carbonyl (C=O) groups is 2. The zero-order valence-electron chi connectivity index (χ0n) is 20.3. The molecule has 0 N–H and O–H groups in total. The van der Waals surface area contributed by atoms with Crippen molar-refractivity contribution in [3.63, 3.8) is 0 Å². The van der Waals surface area contributed by atoms with E-state index in [1.54, 1.807) is 47.0 Å². The quantitative estimate of drug-likeness (QED) is 0.126. The van der Waals surface area contributed by atoms with Gasteiger partial charge in [0.2, 0.25) is 0 Å². The van der Waals surface area contributed by atoms with Crippen molar-refractivity contribution in [2.75, 3.05) is 20.5 Å². The smallest absolute Gasteiger partial charge is 0.341 e. The van der Waals surface area contributed by atoms with Gasteiger partial charge in [0.15, 0.2) is 0 Å². The van der Waals surface area contributed by atoms with E-state index in [0.717, 1.165) is 24.8 Å². The standard InChI is InChI=1S/C25H36O7/c1-17-13-21(31-22(17)26)30-15-19(23(27)32-24(2,3)4)10-11-20-18(14-29-16-28-7)9-8-12-25(20,5)6/h10-11,13,15,21H,8-9,12,14,16H2,1-7H3/b11-10+,19-15+. The Bertz CT molecular complexity index is 822. The summed E-state index contributed by atoms with van der Waals surface area (Å²) in [4.78, 5) is 24.4. The Morgan fingerprint density at radius 1 is 1.31 bits per heavy atom. The van der Waals surface area contributed by atoms with Gasteiger partial charge in [0.05, 0.1) is 12.2 Å². The van der Waals surface area contributed by atoms with Crippen LogP contribution in [0, 0.1) is 5.41 Å². The van der Waals surface area contributed by atoms with Gasteiger partial charge < -0.3 is 23.7 Å². The Balaban J connectivity index is 2.31. The molecule has 1 aliphatic heterocycles. The summed E-state index contributed by atoms with van der Waals surface area (Å²) in [6.07, 6.45) is 8.65. The SMILES string of the molecule is COCOCC1=C(/C=C/C(=C\OC2C=C(C)C(=O)O2)C(=O)OC(C)(C)C)C(C)(C)CCC1. The summed E-state index contributed by atoms with van der Waals surface area (Å²) in [5.74, 6) is -0.960. The number of ether oxygens (including phenoxy) is 5. The number of hydrogen-bond donors (Lipinski definition) is 0. The van der Waals surface area contributed by atoms with Gasteiger partial charge in [0.25, 0.3) is 6.29 Å². The molecule has 0 amide bonds. The first-order valence-corrected chi connectivity index (χ1v) is 10.9. The van der Waals surface area contributed by atoms with Gasteiger partial charge in [0.1, 0.15) is 18.7 Å². The maximum atomic E-state index is 12.8. The summed E-state index contributed by atoms with van der Waals surface area (Å²) in [5, 5.41) is 0. The Kier molecular flexibility index (Phi) is 8.87. The molecular formula is C25H36O7. The zero-order valence-corrected chi connectivity index (χ0v) is 20.3. The summed E-state index contributed by atoms with van der Waals surface area (Å²) in [6, 6.07) is 0. The Labute approximate surface area is 191 Å². The second-order valence-electron chi connectivity index (χ2n) is 9.68. The van der Waals surface area contributed by atoms with Crippen LogP contribution in [0.5, 0.6) is 0 Å². The summed E-state index contributed by atoms with van der Waals surface area (Å²) in [7, 11) is 1.59. The van der Waals surface area contributed by atoms with Gasteiger partial charge in [-0.15, -0.1) is 0 Å². The minimum absolute atomic E-state index is 0.0682. The number of rotatable bonds is 9. The molecular weight excluding hydrogens is 412 g/mol. The third-order valence-electron chi connectivity index (χ3n) is 5.19. The van der Waals surface area contributed by atoms with Crippen LogP contribution in [0.1, 0.15) is 60.8 Å². The molecule has 0 aromatic heterocycles. The Morgan fingerprint density at radius 3 is 2.62 bits per heavy atom. The van der Waals surface area contributed by atoms with Crippen LogP contribution in [-0.2, 0) is 33.3 Å². The van der Waals surface area contributed by atoms with Crippen LogP contribution < -0.4 is 0 Å². The first-order chi connectivity index (χ1) is 14.9. The topological polar surface area (TPSA) is 80.3 Å². The zero-order chi connectivity index (χ0) is 23.9. The largest absolute Gasteiger partial charge is 0.458 e. The van der Waals surface area contributed by atoms with Crippen molar-refractivity contribution < 1.29 is 33.3 Å². The average Bonchev–Trinajstić information content (AvgIpc) is 2.99. The van der Waals surface area contributed by atoms with E-state index >= 15 is 0 Å². The van der Waals surface area contributed by atoms with E-state index in [9.17, 15) is 9.59 Å². The predicted molar refractivity (Wildman–Crippen MR) is 120 cm³/mol. The molecule has 2 aliphatic rings. The lowest BCUT2D eigenvalue weighted by molar-refractivity contribution is -0.152. The van der Waals surface area contributed by atoms with Crippen molar-refractivity contribution in [3.05, 3.63) is 46.8 Å². The number of methoxy groups -OCH3 is 1. The van der Waals surface area contributed by atoms with Crippen LogP contribution in [0.2, 0.25) is 0 Å². The highest BCUT2D eigenvalue weighted by molar-refractivity contribution is 5.92. The predicted octanol–water partition coefficient (Wildman–Crippen LogP) is 4.74. The molecule has 1 heterocycles. The Hall–Kier alpha value is -2.38. The minimum Gasteiger partial charge on any atom is -0.458 e. The number of allylic oxidation sites excluding steroid dienone is 2. The monoisotopic (exact) mass is 448 g/mol. The van der Waals surface area contributed by atoms with E-state index < -0.39 is 23.8 Å². The van der Waals surface area contributed by atoms with Crippen molar-refractivity contribution in [1.82, 2.24) is 0 Å². The maximum absolute atomic E-state index is 12.8. The fraction of sp³-hybridized carbons (Fsp3) is 0.600. The first kappa shape index (κ1) is 25.9. The molecule has 1 aliphatic carbocycles. The van der Waals surface area contributed by atoms with Gasteiger partial charge in [-0.1, -0.05) is 19.9 Å². The molecule has 0 spiro atoms. The molecule has 0 fully saturated rings. The third kappa shape index (κ3) is 7.64. The lowest BCUT2D eigenvalue weighted by atomic mass is 9.72. The molecule has 1 atom stereocenters. The summed E-state index contributed by atoms with van der Waals surface area (Å²) in [5.41, 5.74) is 2.26. The molecule has 1 unspecified atom stereocenters. The molecule has 7 heteroatoms. The fourth-order valence-corrected chi connectivity index (χ4v) is 3.61. The van der Waals surface area contributed by atoms with E-state index in [4.69, 9.17) is 23.7 Å². The molecule has 0 aromatic carbocycles. The summed E-state index contributed by atoms with van der Waals surface area (Å²) < 4.78 is 26.8. The van der Waals surface area contributed by atoms with Gasteiger partial charge in [-0.3, -0.25) is 0 Å². The molecule has 0 saturated heterocycles. The van der Waals surface area contributed by atoms with Crippen LogP contribution in [0.4, 0.5) is 0 Å². The maximum Gasteiger partial charge on any atom is 0.341 e. The molecule has 0 saturated carbocycles. The second kappa shape index (κ2) is 11.0. The van der Waals surface area contributed by atoms with Crippen LogP contribution in [0.25, 0.3) is 0 Å². The summed E-state index contributed by atoms with van der Waals surface area (Å²) in [6.45, 7) is 12.1. The molecule has 0 aromatic rings. The highest BCUT2D eigenvalue weighted by Gasteiger charge is 2.29. The molecule has 0 bridgehead atoms.